The molecule has 102 valence electrons. The monoisotopic (exact) mass is 262 g/mol. The first-order chi connectivity index (χ1) is 9.22. The minimum absolute atomic E-state index is 0.0268. The summed E-state index contributed by atoms with van der Waals surface area (Å²) in [7, 11) is 0. The molecule has 0 radical (unpaired) electrons. The van der Waals surface area contributed by atoms with Crippen molar-refractivity contribution in [3.8, 4) is 5.75 Å². The van der Waals surface area contributed by atoms with E-state index in [9.17, 15) is 10.1 Å². The van der Waals surface area contributed by atoms with Crippen LogP contribution in [0.3, 0.4) is 0 Å². The van der Waals surface area contributed by atoms with Crippen LogP contribution in [0.5, 0.6) is 5.75 Å². The van der Waals surface area contributed by atoms with Gasteiger partial charge in [-0.2, -0.15) is 0 Å². The number of benzene rings is 1. The predicted octanol–water partition coefficient (Wildman–Crippen LogP) is 3.51. The highest BCUT2D eigenvalue weighted by atomic mass is 16.6. The minimum atomic E-state index is -0.383. The summed E-state index contributed by atoms with van der Waals surface area (Å²) in [6.07, 6.45) is 7.15. The van der Waals surface area contributed by atoms with E-state index in [0.29, 0.717) is 18.0 Å². The van der Waals surface area contributed by atoms with Gasteiger partial charge in [-0.3, -0.25) is 10.1 Å². The third kappa shape index (κ3) is 3.24. The van der Waals surface area contributed by atoms with Gasteiger partial charge in [0.1, 0.15) is 5.69 Å². The van der Waals surface area contributed by atoms with Crippen LogP contribution in [-0.2, 0) is 0 Å². The molecule has 0 saturated heterocycles. The molecule has 0 spiro atoms. The van der Waals surface area contributed by atoms with Crippen LogP contribution in [-0.4, -0.2) is 17.6 Å². The predicted molar refractivity (Wildman–Crippen MR) is 74.7 cm³/mol. The molecule has 0 amide bonds. The van der Waals surface area contributed by atoms with Crippen LogP contribution in [0.4, 0.5) is 11.4 Å². The van der Waals surface area contributed by atoms with Crippen LogP contribution in [0.1, 0.15) is 26.2 Å². The van der Waals surface area contributed by atoms with E-state index < -0.39 is 0 Å². The van der Waals surface area contributed by atoms with Crippen LogP contribution in [0.25, 0.3) is 0 Å². The number of nitro groups is 1. The van der Waals surface area contributed by atoms with E-state index >= 15 is 0 Å². The number of nitrogens with one attached hydrogen (secondary N) is 1. The lowest BCUT2D eigenvalue weighted by molar-refractivity contribution is -0.385. The van der Waals surface area contributed by atoms with Crippen molar-refractivity contribution in [2.45, 2.75) is 32.2 Å². The Kier molecular flexibility index (Phi) is 4.39. The number of allylic oxidation sites excluding steroid dienone is 1. The first kappa shape index (κ1) is 13.4. The standard InChI is InChI=1S/C14H18N2O3/c1-2-19-13-10-6-9-12(14(13)16(17)18)15-11-7-4-3-5-8-11/h3-4,6,9-11,15H,2,5,7-8H2,1H3. The maximum Gasteiger partial charge on any atom is 0.333 e. The average Bonchev–Trinajstić information content (AvgIpc) is 2.40. The number of nitrogens with zero attached hydrogens (tertiary/aromatic N) is 1. The summed E-state index contributed by atoms with van der Waals surface area (Å²) < 4.78 is 5.33. The maximum absolute atomic E-state index is 11.2. The molecule has 1 aliphatic carbocycles. The van der Waals surface area contributed by atoms with Gasteiger partial charge in [0, 0.05) is 6.04 Å². The highest BCUT2D eigenvalue weighted by Gasteiger charge is 2.22. The quantitative estimate of drug-likeness (QED) is 0.501. The second kappa shape index (κ2) is 6.22. The number of hydrogen-bond acceptors (Lipinski definition) is 4. The van der Waals surface area contributed by atoms with Gasteiger partial charge < -0.3 is 10.1 Å². The second-order valence-corrected chi connectivity index (χ2v) is 4.47. The second-order valence-electron chi connectivity index (χ2n) is 4.47. The molecule has 0 fully saturated rings. The number of para-hydroxylation sites is 1. The number of rotatable bonds is 5. The van der Waals surface area contributed by atoms with Gasteiger partial charge in [0.15, 0.2) is 5.75 Å². The fourth-order valence-corrected chi connectivity index (χ4v) is 2.24. The zero-order chi connectivity index (χ0) is 13.7. The molecule has 1 unspecified atom stereocenters. The molecule has 5 heteroatoms. The van der Waals surface area contributed by atoms with E-state index in [4.69, 9.17) is 4.74 Å². The van der Waals surface area contributed by atoms with Crippen molar-refractivity contribution in [1.29, 1.82) is 0 Å². The molecular weight excluding hydrogens is 244 g/mol. The van der Waals surface area contributed by atoms with E-state index in [1.54, 1.807) is 18.2 Å². The van der Waals surface area contributed by atoms with Crippen molar-refractivity contribution >= 4 is 11.4 Å². The van der Waals surface area contributed by atoms with Gasteiger partial charge in [-0.25, -0.2) is 0 Å². The normalized spacial score (nSPS) is 18.1. The van der Waals surface area contributed by atoms with E-state index in [-0.39, 0.29) is 16.7 Å². The SMILES string of the molecule is CCOc1cccc(NC2CC=CCC2)c1[N+](=O)[O-]. The number of hydrogen-bond donors (Lipinski definition) is 1. The summed E-state index contributed by atoms with van der Waals surface area (Å²) >= 11 is 0. The number of ether oxygens (including phenoxy) is 1. The van der Waals surface area contributed by atoms with Crippen molar-refractivity contribution in [1.82, 2.24) is 0 Å². The smallest absolute Gasteiger partial charge is 0.333 e. The Morgan fingerprint density at radius 2 is 2.32 bits per heavy atom. The molecule has 1 aromatic carbocycles. The Bertz CT molecular complexity index is 486. The van der Waals surface area contributed by atoms with Crippen molar-refractivity contribution in [3.63, 3.8) is 0 Å². The van der Waals surface area contributed by atoms with Crippen LogP contribution < -0.4 is 10.1 Å². The van der Waals surface area contributed by atoms with Gasteiger partial charge in [-0.05, 0) is 38.3 Å². The van der Waals surface area contributed by atoms with Gasteiger partial charge >= 0.3 is 5.69 Å². The molecule has 0 bridgehead atoms. The zero-order valence-electron chi connectivity index (χ0n) is 11.0. The molecule has 1 aromatic rings. The van der Waals surface area contributed by atoms with E-state index in [1.165, 1.54) is 0 Å². The van der Waals surface area contributed by atoms with Crippen LogP contribution >= 0.6 is 0 Å². The summed E-state index contributed by atoms with van der Waals surface area (Å²) in [6, 6.07) is 5.39. The van der Waals surface area contributed by atoms with E-state index in [1.807, 2.05) is 6.92 Å². The molecule has 1 aliphatic rings. The molecule has 0 saturated carbocycles. The summed E-state index contributed by atoms with van der Waals surface area (Å²) in [5.74, 6) is 0.323. The molecule has 1 atom stereocenters. The minimum Gasteiger partial charge on any atom is -0.487 e. The summed E-state index contributed by atoms with van der Waals surface area (Å²) in [6.45, 7) is 2.23. The van der Waals surface area contributed by atoms with E-state index in [2.05, 4.69) is 17.5 Å². The number of nitro benzene ring substituents is 1. The molecule has 2 rings (SSSR count). The topological polar surface area (TPSA) is 64.4 Å². The fraction of sp³-hybridized carbons (Fsp3) is 0.429. The molecular formula is C14H18N2O3. The Morgan fingerprint density at radius 1 is 1.47 bits per heavy atom. The van der Waals surface area contributed by atoms with Crippen molar-refractivity contribution < 1.29 is 9.66 Å². The zero-order valence-corrected chi connectivity index (χ0v) is 11.0. The number of anilines is 1. The Hall–Kier alpha value is -2.04. The summed E-state index contributed by atoms with van der Waals surface area (Å²) in [5, 5.41) is 14.5. The molecule has 0 heterocycles. The first-order valence-electron chi connectivity index (χ1n) is 6.54. The summed E-state index contributed by atoms with van der Waals surface area (Å²) in [4.78, 5) is 10.8. The lowest BCUT2D eigenvalue weighted by atomic mass is 10.0. The molecule has 1 N–H and O–H groups in total. The van der Waals surface area contributed by atoms with Gasteiger partial charge in [0.25, 0.3) is 0 Å². The highest BCUT2D eigenvalue weighted by Crippen LogP contribution is 2.35. The van der Waals surface area contributed by atoms with Crippen molar-refractivity contribution in [2.24, 2.45) is 0 Å². The van der Waals surface area contributed by atoms with E-state index in [0.717, 1.165) is 19.3 Å². The maximum atomic E-state index is 11.2. The largest absolute Gasteiger partial charge is 0.487 e. The van der Waals surface area contributed by atoms with Crippen molar-refractivity contribution in [2.75, 3.05) is 11.9 Å². The fourth-order valence-electron chi connectivity index (χ4n) is 2.24. The van der Waals surface area contributed by atoms with Crippen molar-refractivity contribution in [3.05, 3.63) is 40.5 Å². The summed E-state index contributed by atoms with van der Waals surface area (Å²) in [5.41, 5.74) is 0.565. The van der Waals surface area contributed by atoms with Crippen LogP contribution in [0.2, 0.25) is 0 Å². The lowest BCUT2D eigenvalue weighted by Gasteiger charge is -2.20. The lowest BCUT2D eigenvalue weighted by Crippen LogP contribution is -2.21. The third-order valence-corrected chi connectivity index (χ3v) is 3.11. The highest BCUT2D eigenvalue weighted by molar-refractivity contribution is 5.68. The van der Waals surface area contributed by atoms with Gasteiger partial charge in [-0.15, -0.1) is 0 Å². The van der Waals surface area contributed by atoms with Crippen LogP contribution in [0.15, 0.2) is 30.4 Å². The third-order valence-electron chi connectivity index (χ3n) is 3.11. The Morgan fingerprint density at radius 3 is 2.95 bits per heavy atom. The molecule has 5 nitrogen and oxygen atoms in total. The average molecular weight is 262 g/mol. The van der Waals surface area contributed by atoms with Crippen LogP contribution in [0, 0.1) is 10.1 Å². The molecule has 0 aliphatic heterocycles. The Labute approximate surface area is 112 Å². The first-order valence-corrected chi connectivity index (χ1v) is 6.54. The van der Waals surface area contributed by atoms with Gasteiger partial charge in [-0.1, -0.05) is 18.2 Å². The molecule has 0 aromatic heterocycles. The van der Waals surface area contributed by atoms with Gasteiger partial charge in [0.2, 0.25) is 0 Å². The van der Waals surface area contributed by atoms with Gasteiger partial charge in [0.05, 0.1) is 11.5 Å². The molecule has 19 heavy (non-hydrogen) atoms. The Balaban J connectivity index is 2.25.